The maximum absolute atomic E-state index is 12.9. The van der Waals surface area contributed by atoms with Crippen LogP contribution in [0.15, 0.2) is 24.3 Å². The van der Waals surface area contributed by atoms with Gasteiger partial charge in [-0.25, -0.2) is 0 Å². The molecule has 0 radical (unpaired) electrons. The van der Waals surface area contributed by atoms with Crippen molar-refractivity contribution in [1.82, 2.24) is 0 Å². The molecule has 6 heteroatoms. The van der Waals surface area contributed by atoms with Crippen molar-refractivity contribution in [3.63, 3.8) is 0 Å². The molecule has 0 spiro atoms. The molecule has 0 saturated carbocycles. The first-order chi connectivity index (χ1) is 37.0. The monoisotopic (exact) mass is 1050 g/mol. The molecule has 442 valence electrons. The summed E-state index contributed by atoms with van der Waals surface area (Å²) in [5.41, 5.74) is 0. The van der Waals surface area contributed by atoms with E-state index in [4.69, 9.17) is 14.2 Å². The molecule has 0 aromatic rings. The van der Waals surface area contributed by atoms with Crippen molar-refractivity contribution in [2.24, 2.45) is 0 Å². The fourth-order valence-electron chi connectivity index (χ4n) is 10.3. The summed E-state index contributed by atoms with van der Waals surface area (Å²) in [7, 11) is 0. The predicted octanol–water partition coefficient (Wildman–Crippen LogP) is 23.0. The van der Waals surface area contributed by atoms with E-state index >= 15 is 0 Å². The first-order valence-electron chi connectivity index (χ1n) is 33.8. The van der Waals surface area contributed by atoms with Crippen LogP contribution in [0.5, 0.6) is 0 Å². The molecule has 75 heavy (non-hydrogen) atoms. The highest BCUT2D eigenvalue weighted by molar-refractivity contribution is 5.71. The molecule has 0 aromatic heterocycles. The number of ether oxygens (including phenoxy) is 3. The van der Waals surface area contributed by atoms with Gasteiger partial charge in [-0.05, 0) is 70.6 Å². The lowest BCUT2D eigenvalue weighted by atomic mass is 10.0. The topological polar surface area (TPSA) is 78.9 Å². The van der Waals surface area contributed by atoms with Crippen LogP contribution in [0.3, 0.4) is 0 Å². The maximum Gasteiger partial charge on any atom is 0.306 e. The van der Waals surface area contributed by atoms with Crippen LogP contribution in [0.4, 0.5) is 0 Å². The maximum atomic E-state index is 12.9. The second-order valence-electron chi connectivity index (χ2n) is 23.1. The van der Waals surface area contributed by atoms with Gasteiger partial charge in [0.2, 0.25) is 0 Å². The molecule has 0 amide bonds. The van der Waals surface area contributed by atoms with Gasteiger partial charge in [-0.15, -0.1) is 0 Å². The average Bonchev–Trinajstić information content (AvgIpc) is 3.41. The number of rotatable bonds is 63. The number of esters is 3. The van der Waals surface area contributed by atoms with E-state index in [1.54, 1.807) is 0 Å². The van der Waals surface area contributed by atoms with Crippen molar-refractivity contribution in [3.8, 4) is 0 Å². The van der Waals surface area contributed by atoms with Gasteiger partial charge < -0.3 is 14.2 Å². The number of carbonyl (C=O) groups is 3. The van der Waals surface area contributed by atoms with Crippen LogP contribution in [0.2, 0.25) is 0 Å². The van der Waals surface area contributed by atoms with Crippen LogP contribution >= 0.6 is 0 Å². The molecule has 6 nitrogen and oxygen atoms in total. The minimum absolute atomic E-state index is 0.0687. The summed E-state index contributed by atoms with van der Waals surface area (Å²) in [6, 6.07) is 0. The first-order valence-corrected chi connectivity index (χ1v) is 33.8. The summed E-state index contributed by atoms with van der Waals surface area (Å²) in [4.78, 5) is 38.2. The Bertz CT molecular complexity index is 1210. The van der Waals surface area contributed by atoms with E-state index in [1.807, 2.05) is 0 Å². The Morgan fingerprint density at radius 3 is 0.667 bits per heavy atom. The van der Waals surface area contributed by atoms with E-state index in [2.05, 4.69) is 45.1 Å². The first kappa shape index (κ1) is 72.9. The molecule has 0 N–H and O–H groups in total. The van der Waals surface area contributed by atoms with Crippen molar-refractivity contribution in [2.45, 2.75) is 386 Å². The molecule has 0 aliphatic heterocycles. The van der Waals surface area contributed by atoms with Crippen LogP contribution in [0.1, 0.15) is 380 Å². The lowest BCUT2D eigenvalue weighted by Gasteiger charge is -2.18. The van der Waals surface area contributed by atoms with Gasteiger partial charge in [0.15, 0.2) is 6.10 Å². The standard InChI is InChI=1S/C69H130O6/c1-4-7-10-13-16-19-22-24-26-27-28-29-30-31-32-33-34-35-36-37-38-39-40-41-43-44-47-50-53-56-59-62-68(71)74-65-66(64-73-67(70)61-58-55-52-49-46-21-18-15-12-9-6-3)75-69(72)63-60-57-54-51-48-45-42-25-23-20-17-14-11-8-5-2/h25,27-28,42,66H,4-24,26,29-41,43-65H2,1-3H3/b28-27-,42-25-. The molecule has 0 aliphatic rings. The zero-order valence-corrected chi connectivity index (χ0v) is 50.8. The van der Waals surface area contributed by atoms with Crippen LogP contribution in [-0.2, 0) is 28.6 Å². The van der Waals surface area contributed by atoms with Gasteiger partial charge in [-0.1, -0.05) is 315 Å². The van der Waals surface area contributed by atoms with Crippen molar-refractivity contribution in [1.29, 1.82) is 0 Å². The van der Waals surface area contributed by atoms with Crippen molar-refractivity contribution in [3.05, 3.63) is 24.3 Å². The van der Waals surface area contributed by atoms with Gasteiger partial charge in [0.1, 0.15) is 13.2 Å². The van der Waals surface area contributed by atoms with Crippen molar-refractivity contribution in [2.75, 3.05) is 13.2 Å². The third-order valence-corrected chi connectivity index (χ3v) is 15.4. The number of hydrogen-bond acceptors (Lipinski definition) is 6. The predicted molar refractivity (Wildman–Crippen MR) is 326 cm³/mol. The third kappa shape index (κ3) is 62.6. The smallest absolute Gasteiger partial charge is 0.306 e. The van der Waals surface area contributed by atoms with Gasteiger partial charge in [0, 0.05) is 19.3 Å². The molecule has 1 unspecified atom stereocenters. The van der Waals surface area contributed by atoms with Crippen LogP contribution in [0, 0.1) is 0 Å². The zero-order valence-electron chi connectivity index (χ0n) is 50.8. The molecule has 0 heterocycles. The van der Waals surface area contributed by atoms with E-state index < -0.39 is 6.10 Å². The van der Waals surface area contributed by atoms with E-state index in [-0.39, 0.29) is 31.1 Å². The van der Waals surface area contributed by atoms with Gasteiger partial charge in [-0.3, -0.25) is 14.4 Å². The Balaban J connectivity index is 4.07. The van der Waals surface area contributed by atoms with Gasteiger partial charge >= 0.3 is 17.9 Å². The van der Waals surface area contributed by atoms with Crippen molar-refractivity contribution >= 4 is 17.9 Å². The Morgan fingerprint density at radius 2 is 0.440 bits per heavy atom. The molecule has 0 aromatic carbocycles. The van der Waals surface area contributed by atoms with Gasteiger partial charge in [-0.2, -0.15) is 0 Å². The highest BCUT2D eigenvalue weighted by Gasteiger charge is 2.19. The number of unbranched alkanes of at least 4 members (excludes halogenated alkanes) is 48. The summed E-state index contributed by atoms with van der Waals surface area (Å²) in [5, 5.41) is 0. The molecule has 0 bridgehead atoms. The lowest BCUT2D eigenvalue weighted by molar-refractivity contribution is -0.167. The van der Waals surface area contributed by atoms with Gasteiger partial charge in [0.05, 0.1) is 0 Å². The molecule has 0 aliphatic carbocycles. The Morgan fingerprint density at radius 1 is 0.253 bits per heavy atom. The number of hydrogen-bond donors (Lipinski definition) is 0. The molecule has 0 rings (SSSR count). The summed E-state index contributed by atoms with van der Waals surface area (Å²) in [6.07, 6.45) is 77.9. The normalized spacial score (nSPS) is 12.1. The SMILES string of the molecule is CCCCCCCC/C=C\CCCCCCCC(=O)OC(COC(=O)CCCCCCCCCCCCC)COC(=O)CCCCCCCCCCCCCCCCCCCCC/C=C\CCCCCCCCCC. The summed E-state index contributed by atoms with van der Waals surface area (Å²) >= 11 is 0. The van der Waals surface area contributed by atoms with Gasteiger partial charge in [0.25, 0.3) is 0 Å². The van der Waals surface area contributed by atoms with Crippen LogP contribution in [-0.4, -0.2) is 37.2 Å². The van der Waals surface area contributed by atoms with Crippen LogP contribution in [0.25, 0.3) is 0 Å². The highest BCUT2D eigenvalue weighted by atomic mass is 16.6. The summed E-state index contributed by atoms with van der Waals surface area (Å²) < 4.78 is 16.9. The Kier molecular flexibility index (Phi) is 62.6. The van der Waals surface area contributed by atoms with E-state index in [1.165, 1.54) is 276 Å². The fraction of sp³-hybridized carbons (Fsp3) is 0.899. The minimum atomic E-state index is -0.771. The summed E-state index contributed by atoms with van der Waals surface area (Å²) in [6.45, 7) is 6.68. The fourth-order valence-corrected chi connectivity index (χ4v) is 10.3. The minimum Gasteiger partial charge on any atom is -0.462 e. The average molecular weight is 1060 g/mol. The third-order valence-electron chi connectivity index (χ3n) is 15.4. The molecule has 0 fully saturated rings. The molecule has 1 atom stereocenters. The Hall–Kier alpha value is -2.11. The zero-order chi connectivity index (χ0) is 54.3. The van der Waals surface area contributed by atoms with Crippen molar-refractivity contribution < 1.29 is 28.6 Å². The molecular formula is C69H130O6. The van der Waals surface area contributed by atoms with Crippen LogP contribution < -0.4 is 0 Å². The Labute approximate surface area is 468 Å². The largest absolute Gasteiger partial charge is 0.462 e. The summed E-state index contributed by atoms with van der Waals surface area (Å²) in [5.74, 6) is -0.852. The number of allylic oxidation sites excluding steroid dienone is 4. The lowest BCUT2D eigenvalue weighted by Crippen LogP contribution is -2.30. The quantitative estimate of drug-likeness (QED) is 0.0261. The van der Waals surface area contributed by atoms with E-state index in [0.29, 0.717) is 19.3 Å². The van der Waals surface area contributed by atoms with E-state index in [0.717, 1.165) is 64.2 Å². The number of carbonyl (C=O) groups excluding carboxylic acids is 3. The molecule has 0 saturated heterocycles. The molecular weight excluding hydrogens is 925 g/mol. The second-order valence-corrected chi connectivity index (χ2v) is 23.1. The second kappa shape index (κ2) is 64.4. The van der Waals surface area contributed by atoms with E-state index in [9.17, 15) is 14.4 Å². The highest BCUT2D eigenvalue weighted by Crippen LogP contribution is 2.18.